The summed E-state index contributed by atoms with van der Waals surface area (Å²) >= 11 is 5.66. The second-order valence-electron chi connectivity index (χ2n) is 2.17. The lowest BCUT2D eigenvalue weighted by atomic mass is 10.3. The molecule has 0 atom stereocenters. The van der Waals surface area contributed by atoms with Crippen molar-refractivity contribution in [3.63, 3.8) is 0 Å². The highest BCUT2D eigenvalue weighted by atomic mass is 35.5. The van der Waals surface area contributed by atoms with E-state index in [2.05, 4.69) is 10.8 Å². The molecular formula is C8H7ClO3S. The molecule has 0 aliphatic rings. The van der Waals surface area contributed by atoms with Gasteiger partial charge in [-0.3, -0.25) is 0 Å². The first-order chi connectivity index (χ1) is 6.05. The van der Waals surface area contributed by atoms with Crippen molar-refractivity contribution in [3.8, 4) is 5.75 Å². The molecule has 1 rings (SSSR count). The zero-order valence-electron chi connectivity index (χ0n) is 6.60. The maximum Gasteiger partial charge on any atom is 0.331 e. The van der Waals surface area contributed by atoms with Crippen LogP contribution < -0.4 is 4.18 Å². The Balaban J connectivity index is 3.00. The molecule has 0 aliphatic carbocycles. The second-order valence-corrected chi connectivity index (χ2v) is 4.07. The molecule has 0 heterocycles. The maximum absolute atomic E-state index is 10.9. The van der Waals surface area contributed by atoms with Crippen LogP contribution in [-0.4, -0.2) is 8.42 Å². The summed E-state index contributed by atoms with van der Waals surface area (Å²) in [6, 6.07) is 6.30. The van der Waals surface area contributed by atoms with Crippen molar-refractivity contribution in [2.75, 3.05) is 0 Å². The molecule has 0 saturated heterocycles. The van der Waals surface area contributed by atoms with E-state index in [4.69, 9.17) is 11.6 Å². The van der Waals surface area contributed by atoms with E-state index in [-0.39, 0.29) is 10.8 Å². The standard InChI is InChI=1S/C8H7ClO3S/c1-2-13(10,11)12-8-6-4-3-5-7(8)9/h2-6H,1H2. The molecule has 0 radical (unpaired) electrons. The second kappa shape index (κ2) is 3.81. The van der Waals surface area contributed by atoms with Gasteiger partial charge < -0.3 is 4.18 Å². The Hall–Kier alpha value is -1.00. The Morgan fingerprint density at radius 2 is 2.00 bits per heavy atom. The maximum atomic E-state index is 10.9. The summed E-state index contributed by atoms with van der Waals surface area (Å²) in [5.74, 6) is 0.101. The number of hydrogen-bond acceptors (Lipinski definition) is 3. The minimum atomic E-state index is -3.72. The number of hydrogen-bond donors (Lipinski definition) is 0. The van der Waals surface area contributed by atoms with Crippen LogP contribution >= 0.6 is 11.6 Å². The quantitative estimate of drug-likeness (QED) is 0.731. The summed E-state index contributed by atoms with van der Waals surface area (Å²) in [5.41, 5.74) is 0. The molecule has 70 valence electrons. The molecule has 1 aromatic rings. The fourth-order valence-corrected chi connectivity index (χ4v) is 1.36. The van der Waals surface area contributed by atoms with Crippen LogP contribution in [0.5, 0.6) is 5.75 Å². The van der Waals surface area contributed by atoms with Gasteiger partial charge in [0, 0.05) is 0 Å². The van der Waals surface area contributed by atoms with Crippen LogP contribution in [0.25, 0.3) is 0 Å². The van der Waals surface area contributed by atoms with Crippen LogP contribution in [0.2, 0.25) is 5.02 Å². The van der Waals surface area contributed by atoms with Crippen LogP contribution in [0.1, 0.15) is 0 Å². The van der Waals surface area contributed by atoms with E-state index >= 15 is 0 Å². The highest BCUT2D eigenvalue weighted by Crippen LogP contribution is 2.24. The Kier molecular flexibility index (Phi) is 2.95. The molecule has 3 nitrogen and oxygen atoms in total. The molecular weight excluding hydrogens is 212 g/mol. The fraction of sp³-hybridized carbons (Fsp3) is 0. The van der Waals surface area contributed by atoms with Crippen molar-refractivity contribution in [2.45, 2.75) is 0 Å². The van der Waals surface area contributed by atoms with Crippen molar-refractivity contribution in [2.24, 2.45) is 0 Å². The van der Waals surface area contributed by atoms with Crippen LogP contribution in [0.4, 0.5) is 0 Å². The highest BCUT2D eigenvalue weighted by Gasteiger charge is 2.08. The van der Waals surface area contributed by atoms with Crippen molar-refractivity contribution in [3.05, 3.63) is 41.3 Å². The topological polar surface area (TPSA) is 43.4 Å². The lowest BCUT2D eigenvalue weighted by molar-refractivity contribution is 0.497. The number of rotatable bonds is 3. The van der Waals surface area contributed by atoms with E-state index < -0.39 is 10.1 Å². The third kappa shape index (κ3) is 2.75. The highest BCUT2D eigenvalue weighted by molar-refractivity contribution is 7.90. The summed E-state index contributed by atoms with van der Waals surface area (Å²) in [4.78, 5) is 0. The summed E-state index contributed by atoms with van der Waals surface area (Å²) in [7, 11) is -3.72. The number of para-hydroxylation sites is 1. The van der Waals surface area contributed by atoms with Gasteiger partial charge in [0.2, 0.25) is 0 Å². The van der Waals surface area contributed by atoms with Gasteiger partial charge in [0.05, 0.1) is 10.4 Å². The molecule has 0 N–H and O–H groups in total. The molecule has 0 aromatic heterocycles. The van der Waals surface area contributed by atoms with Gasteiger partial charge in [-0.05, 0) is 12.1 Å². The SMILES string of the molecule is C=CS(=O)(=O)Oc1ccccc1Cl. The first-order valence-corrected chi connectivity index (χ1v) is 5.21. The van der Waals surface area contributed by atoms with Crippen LogP contribution in [-0.2, 0) is 10.1 Å². The molecule has 0 fully saturated rings. The molecule has 0 saturated carbocycles. The molecule has 5 heteroatoms. The smallest absolute Gasteiger partial charge is 0.331 e. The molecule has 13 heavy (non-hydrogen) atoms. The number of benzene rings is 1. The minimum Gasteiger partial charge on any atom is -0.378 e. The van der Waals surface area contributed by atoms with Crippen LogP contribution in [0.3, 0.4) is 0 Å². The zero-order valence-corrected chi connectivity index (χ0v) is 8.18. The van der Waals surface area contributed by atoms with E-state index in [1.165, 1.54) is 12.1 Å². The van der Waals surface area contributed by atoms with Gasteiger partial charge in [-0.2, -0.15) is 8.42 Å². The summed E-state index contributed by atoms with van der Waals surface area (Å²) in [5, 5.41) is 0.962. The number of halogens is 1. The molecule has 0 amide bonds. The van der Waals surface area contributed by atoms with E-state index in [1.54, 1.807) is 12.1 Å². The van der Waals surface area contributed by atoms with Crippen molar-refractivity contribution >= 4 is 21.7 Å². The predicted octanol–water partition coefficient (Wildman–Crippen LogP) is 2.19. The van der Waals surface area contributed by atoms with Gasteiger partial charge in [-0.15, -0.1) is 0 Å². The Morgan fingerprint density at radius 3 is 2.54 bits per heavy atom. The van der Waals surface area contributed by atoms with Gasteiger partial charge in [0.1, 0.15) is 0 Å². The van der Waals surface area contributed by atoms with Crippen LogP contribution in [0, 0.1) is 0 Å². The van der Waals surface area contributed by atoms with Gasteiger partial charge in [-0.1, -0.05) is 30.3 Å². The molecule has 0 bridgehead atoms. The van der Waals surface area contributed by atoms with E-state index in [9.17, 15) is 8.42 Å². The van der Waals surface area contributed by atoms with Crippen molar-refractivity contribution < 1.29 is 12.6 Å². The summed E-state index contributed by atoms with van der Waals surface area (Å²) in [6.45, 7) is 3.10. The van der Waals surface area contributed by atoms with Gasteiger partial charge in [-0.25, -0.2) is 0 Å². The van der Waals surface area contributed by atoms with E-state index in [0.717, 1.165) is 5.41 Å². The molecule has 0 aliphatic heterocycles. The summed E-state index contributed by atoms with van der Waals surface area (Å²) in [6.07, 6.45) is 0. The van der Waals surface area contributed by atoms with E-state index in [0.29, 0.717) is 0 Å². The third-order valence-corrected chi connectivity index (χ3v) is 2.38. The zero-order chi connectivity index (χ0) is 9.90. The normalized spacial score (nSPS) is 10.8. The Bertz CT molecular complexity index is 411. The van der Waals surface area contributed by atoms with Gasteiger partial charge >= 0.3 is 10.1 Å². The fourth-order valence-electron chi connectivity index (χ4n) is 0.671. The minimum absolute atomic E-state index is 0.101. The third-order valence-electron chi connectivity index (χ3n) is 1.25. The predicted molar refractivity (Wildman–Crippen MR) is 51.2 cm³/mol. The Morgan fingerprint density at radius 1 is 1.38 bits per heavy atom. The average Bonchev–Trinajstić information content (AvgIpc) is 2.09. The van der Waals surface area contributed by atoms with Gasteiger partial charge in [0.25, 0.3) is 0 Å². The first-order valence-electron chi connectivity index (χ1n) is 3.36. The Labute approximate surface area is 81.7 Å². The molecule has 0 spiro atoms. The largest absolute Gasteiger partial charge is 0.378 e. The lowest BCUT2D eigenvalue weighted by Gasteiger charge is -2.03. The first kappa shape index (κ1) is 10.1. The van der Waals surface area contributed by atoms with Crippen molar-refractivity contribution in [1.82, 2.24) is 0 Å². The van der Waals surface area contributed by atoms with Crippen molar-refractivity contribution in [1.29, 1.82) is 0 Å². The van der Waals surface area contributed by atoms with Gasteiger partial charge in [0.15, 0.2) is 5.75 Å². The van der Waals surface area contributed by atoms with Crippen LogP contribution in [0.15, 0.2) is 36.3 Å². The monoisotopic (exact) mass is 218 g/mol. The van der Waals surface area contributed by atoms with E-state index in [1.807, 2.05) is 0 Å². The molecule has 0 unspecified atom stereocenters. The summed E-state index contributed by atoms with van der Waals surface area (Å²) < 4.78 is 26.4. The molecule has 1 aromatic carbocycles. The average molecular weight is 219 g/mol. The lowest BCUT2D eigenvalue weighted by Crippen LogP contribution is -2.04.